The molecule has 67 valence electrons. The molecule has 1 aromatic rings. The van der Waals surface area contributed by atoms with Crippen LogP contribution in [0, 0.1) is 0 Å². The largest absolute Gasteiger partial charge is 0.286 e. The quantitative estimate of drug-likeness (QED) is 0.719. The number of allylic oxidation sites excluding steroid dienone is 1. The van der Waals surface area contributed by atoms with E-state index in [9.17, 15) is 4.79 Å². The third-order valence-electron chi connectivity index (χ3n) is 1.36. The van der Waals surface area contributed by atoms with Crippen molar-refractivity contribution in [1.82, 2.24) is 0 Å². The zero-order valence-corrected chi connectivity index (χ0v) is 11.1. The number of halogens is 3. The Morgan fingerprint density at radius 1 is 1.15 bits per heavy atom. The fourth-order valence-electron chi connectivity index (χ4n) is 0.830. The van der Waals surface area contributed by atoms with E-state index in [2.05, 4.69) is 47.8 Å². The van der Waals surface area contributed by atoms with Crippen molar-refractivity contribution < 1.29 is 4.79 Å². The van der Waals surface area contributed by atoms with Gasteiger partial charge in [0, 0.05) is 19.0 Å². The van der Waals surface area contributed by atoms with Crippen LogP contribution in [0.15, 0.2) is 31.6 Å². The fourth-order valence-corrected chi connectivity index (χ4v) is 3.35. The van der Waals surface area contributed by atoms with Gasteiger partial charge in [0.05, 0.1) is 0 Å². The molecule has 1 aromatic carbocycles. The third-order valence-corrected chi connectivity index (χ3v) is 3.13. The van der Waals surface area contributed by atoms with Crippen molar-refractivity contribution in [3.05, 3.63) is 37.2 Å². The van der Waals surface area contributed by atoms with E-state index in [4.69, 9.17) is 0 Å². The molecule has 1 nitrogen and oxygen atoms in total. The minimum Gasteiger partial charge on any atom is -0.286 e. The minimum absolute atomic E-state index is 0.917. The van der Waals surface area contributed by atoms with Crippen LogP contribution in [0.2, 0.25) is 0 Å². The van der Waals surface area contributed by atoms with Crippen LogP contribution >= 0.6 is 47.8 Å². The molecule has 0 saturated carbocycles. The first kappa shape index (κ1) is 11.1. The Kier molecular flexibility index (Phi) is 4.35. The number of carbonyl (C=O) groups excluding carboxylic acids is 1. The highest BCUT2D eigenvalue weighted by molar-refractivity contribution is 9.11. The van der Waals surface area contributed by atoms with Crippen molar-refractivity contribution in [2.24, 2.45) is 0 Å². The second-order valence-corrected chi connectivity index (χ2v) is 4.86. The van der Waals surface area contributed by atoms with Crippen molar-refractivity contribution in [3.63, 3.8) is 0 Å². The Labute approximate surface area is 102 Å². The normalized spacial score (nSPS) is 10.7. The van der Waals surface area contributed by atoms with E-state index in [0.717, 1.165) is 19.0 Å². The summed E-state index contributed by atoms with van der Waals surface area (Å²) in [5, 5.41) is 0. The number of rotatable bonds is 2. The standard InChI is InChI=1S/C9H4Br3O/c10-6-4-8(11)7(2-1-3-13)9(12)5-6/h1-2,4-5H. The van der Waals surface area contributed by atoms with Gasteiger partial charge in [-0.05, 0) is 24.3 Å². The van der Waals surface area contributed by atoms with Crippen molar-refractivity contribution in [1.29, 1.82) is 0 Å². The Bertz CT molecular complexity index is 335. The molecule has 13 heavy (non-hydrogen) atoms. The Morgan fingerprint density at radius 3 is 2.15 bits per heavy atom. The van der Waals surface area contributed by atoms with Gasteiger partial charge in [0.1, 0.15) is 0 Å². The Morgan fingerprint density at radius 2 is 1.69 bits per heavy atom. The minimum atomic E-state index is 0.917. The molecule has 0 aliphatic carbocycles. The molecule has 0 aliphatic rings. The summed E-state index contributed by atoms with van der Waals surface area (Å²) in [6.07, 6.45) is 4.72. The van der Waals surface area contributed by atoms with Crippen LogP contribution in [-0.2, 0) is 4.79 Å². The summed E-state index contributed by atoms with van der Waals surface area (Å²) >= 11 is 10.1. The fraction of sp³-hybridized carbons (Fsp3) is 0. The van der Waals surface area contributed by atoms with Crippen molar-refractivity contribution >= 4 is 60.2 Å². The molecule has 0 heterocycles. The average Bonchev–Trinajstić information content (AvgIpc) is 2.02. The summed E-state index contributed by atoms with van der Waals surface area (Å²) in [4.78, 5) is 10.0. The lowest BCUT2D eigenvalue weighted by molar-refractivity contribution is 0.564. The Hall–Kier alpha value is 0.0700. The summed E-state index contributed by atoms with van der Waals surface area (Å²) in [5.41, 5.74) is 0.923. The van der Waals surface area contributed by atoms with Gasteiger partial charge in [-0.15, -0.1) is 0 Å². The molecule has 0 amide bonds. The third kappa shape index (κ3) is 3.04. The SMILES string of the molecule is O=[C]C=Cc1c(Br)cc(Br)cc1Br. The van der Waals surface area contributed by atoms with Gasteiger partial charge in [0.15, 0.2) is 0 Å². The lowest BCUT2D eigenvalue weighted by Crippen LogP contribution is -1.79. The predicted octanol–water partition coefficient (Wildman–Crippen LogP) is 4.10. The Balaban J connectivity index is 3.20. The average molecular weight is 368 g/mol. The molecule has 0 atom stereocenters. The summed E-state index contributed by atoms with van der Waals surface area (Å²) in [5.74, 6) is 0. The molecular weight excluding hydrogens is 364 g/mol. The highest BCUT2D eigenvalue weighted by Gasteiger charge is 2.02. The summed E-state index contributed by atoms with van der Waals surface area (Å²) < 4.78 is 2.80. The van der Waals surface area contributed by atoms with Gasteiger partial charge >= 0.3 is 0 Å². The van der Waals surface area contributed by atoms with Gasteiger partial charge in [-0.3, -0.25) is 4.79 Å². The van der Waals surface area contributed by atoms with E-state index in [1.165, 1.54) is 6.08 Å². The van der Waals surface area contributed by atoms with Gasteiger partial charge in [0.2, 0.25) is 6.29 Å². The van der Waals surface area contributed by atoms with Crippen LogP contribution in [0.1, 0.15) is 5.56 Å². The molecule has 0 unspecified atom stereocenters. The van der Waals surface area contributed by atoms with E-state index in [0.29, 0.717) is 0 Å². The monoisotopic (exact) mass is 365 g/mol. The van der Waals surface area contributed by atoms with Crippen LogP contribution in [0.25, 0.3) is 6.08 Å². The maximum absolute atomic E-state index is 10.0. The first-order valence-corrected chi connectivity index (χ1v) is 5.72. The molecular formula is C9H4Br3O. The van der Waals surface area contributed by atoms with Crippen molar-refractivity contribution in [3.8, 4) is 0 Å². The second kappa shape index (κ2) is 5.08. The molecule has 0 N–H and O–H groups in total. The summed E-state index contributed by atoms with van der Waals surface area (Å²) in [6.45, 7) is 0. The summed E-state index contributed by atoms with van der Waals surface area (Å²) in [7, 11) is 0. The maximum atomic E-state index is 10.0. The van der Waals surface area contributed by atoms with E-state index in [-0.39, 0.29) is 0 Å². The zero-order chi connectivity index (χ0) is 9.84. The van der Waals surface area contributed by atoms with Crippen LogP contribution in [0.3, 0.4) is 0 Å². The predicted molar refractivity (Wildman–Crippen MR) is 64.3 cm³/mol. The van der Waals surface area contributed by atoms with Crippen LogP contribution in [-0.4, -0.2) is 6.29 Å². The number of hydrogen-bond acceptors (Lipinski definition) is 1. The molecule has 1 radical (unpaired) electrons. The molecule has 0 spiro atoms. The zero-order valence-electron chi connectivity index (χ0n) is 6.35. The van der Waals surface area contributed by atoms with Crippen molar-refractivity contribution in [2.45, 2.75) is 0 Å². The van der Waals surface area contributed by atoms with Crippen LogP contribution in [0.5, 0.6) is 0 Å². The number of benzene rings is 1. The van der Waals surface area contributed by atoms with Gasteiger partial charge in [-0.2, -0.15) is 0 Å². The molecule has 0 saturated heterocycles. The van der Waals surface area contributed by atoms with Gasteiger partial charge in [-0.1, -0.05) is 47.8 Å². The van der Waals surface area contributed by atoms with Gasteiger partial charge in [0.25, 0.3) is 0 Å². The van der Waals surface area contributed by atoms with E-state index in [1.54, 1.807) is 12.4 Å². The maximum Gasteiger partial charge on any atom is 0.225 e. The molecule has 0 bridgehead atoms. The molecule has 1 rings (SSSR count). The number of hydrogen-bond donors (Lipinski definition) is 0. The topological polar surface area (TPSA) is 17.1 Å². The lowest BCUT2D eigenvalue weighted by Gasteiger charge is -2.02. The van der Waals surface area contributed by atoms with Crippen LogP contribution < -0.4 is 0 Å². The summed E-state index contributed by atoms with van der Waals surface area (Å²) in [6, 6.07) is 3.82. The van der Waals surface area contributed by atoms with E-state index >= 15 is 0 Å². The van der Waals surface area contributed by atoms with Gasteiger partial charge < -0.3 is 0 Å². The smallest absolute Gasteiger partial charge is 0.225 e. The second-order valence-electron chi connectivity index (χ2n) is 2.23. The van der Waals surface area contributed by atoms with E-state index in [1.807, 2.05) is 12.1 Å². The molecule has 4 heteroatoms. The highest BCUT2D eigenvalue weighted by Crippen LogP contribution is 2.30. The van der Waals surface area contributed by atoms with E-state index < -0.39 is 0 Å². The highest BCUT2D eigenvalue weighted by atomic mass is 79.9. The first-order chi connectivity index (χ1) is 6.15. The van der Waals surface area contributed by atoms with Crippen LogP contribution in [0.4, 0.5) is 0 Å². The van der Waals surface area contributed by atoms with Gasteiger partial charge in [-0.25, -0.2) is 0 Å². The molecule has 0 aromatic heterocycles. The first-order valence-electron chi connectivity index (χ1n) is 3.34. The molecule has 0 fully saturated rings. The molecule has 0 aliphatic heterocycles. The lowest BCUT2D eigenvalue weighted by atomic mass is 10.2. The van der Waals surface area contributed by atoms with Crippen molar-refractivity contribution in [2.75, 3.05) is 0 Å².